The molecule has 5 aromatic rings. The van der Waals surface area contributed by atoms with Crippen LogP contribution in [0.4, 0.5) is 0 Å². The molecule has 0 saturated heterocycles. The molecule has 2 heterocycles. The molecule has 40 heavy (non-hydrogen) atoms. The summed E-state index contributed by atoms with van der Waals surface area (Å²) in [5.41, 5.74) is 10.8. The van der Waals surface area contributed by atoms with Crippen molar-refractivity contribution < 1.29 is 9.59 Å². The minimum atomic E-state index is -0.209. The number of nitrogens with zero attached hydrogens (tertiary/aromatic N) is 2. The van der Waals surface area contributed by atoms with E-state index in [9.17, 15) is 9.59 Å². The lowest BCUT2D eigenvalue weighted by atomic mass is 10.0. The topological polar surface area (TPSA) is 116 Å². The number of rotatable bonds is 6. The monoisotopic (exact) mass is 532 g/mol. The standard InChI is InChI=1S/C32H32N6O2/c1-17-11-25-26(12-18(17)2)36-31(35-25)29(33-21(5)39)15-23-9-7-8-10-24(23)16-30(34-22(6)40)32-37-27-13-19(3)20(4)14-28(27)38-32/h7-16H,1-6H3,(H,33,39)(H,34,40)(H,35,36)(H,37,38)/b29-15-,30-16-. The van der Waals surface area contributed by atoms with Crippen molar-refractivity contribution in [2.75, 3.05) is 0 Å². The molecule has 0 aliphatic carbocycles. The van der Waals surface area contributed by atoms with E-state index in [1.165, 1.54) is 13.8 Å². The smallest absolute Gasteiger partial charge is 0.221 e. The number of aromatic nitrogens is 4. The average molecular weight is 533 g/mol. The molecule has 2 amide bonds. The maximum Gasteiger partial charge on any atom is 0.221 e. The molecule has 8 heteroatoms. The first-order valence-electron chi connectivity index (χ1n) is 13.1. The van der Waals surface area contributed by atoms with Crippen LogP contribution in [-0.2, 0) is 9.59 Å². The second-order valence-electron chi connectivity index (χ2n) is 10.2. The summed E-state index contributed by atoms with van der Waals surface area (Å²) in [7, 11) is 0. The van der Waals surface area contributed by atoms with Gasteiger partial charge in [-0.05, 0) is 97.5 Å². The number of benzene rings is 3. The van der Waals surface area contributed by atoms with Gasteiger partial charge >= 0.3 is 0 Å². The molecule has 0 spiro atoms. The Hall–Kier alpha value is -4.98. The van der Waals surface area contributed by atoms with Gasteiger partial charge < -0.3 is 20.6 Å². The number of carbonyl (C=O) groups excluding carboxylic acids is 2. The maximum atomic E-state index is 12.2. The Kier molecular flexibility index (Phi) is 7.09. The minimum Gasteiger partial charge on any atom is -0.337 e. The van der Waals surface area contributed by atoms with Crippen molar-refractivity contribution in [2.45, 2.75) is 41.5 Å². The molecule has 202 valence electrons. The molecule has 0 unspecified atom stereocenters. The molecular weight excluding hydrogens is 500 g/mol. The Morgan fingerprint density at radius 1 is 0.650 bits per heavy atom. The molecular formula is C32H32N6O2. The number of aromatic amines is 2. The Morgan fingerprint density at radius 3 is 1.40 bits per heavy atom. The molecule has 3 aromatic carbocycles. The summed E-state index contributed by atoms with van der Waals surface area (Å²) in [6.07, 6.45) is 3.75. The zero-order valence-electron chi connectivity index (χ0n) is 23.5. The summed E-state index contributed by atoms with van der Waals surface area (Å²) in [6.45, 7) is 11.1. The Balaban J connectivity index is 1.62. The van der Waals surface area contributed by atoms with E-state index in [1.807, 2.05) is 62.4 Å². The van der Waals surface area contributed by atoms with E-state index in [4.69, 9.17) is 9.97 Å². The first kappa shape index (κ1) is 26.6. The van der Waals surface area contributed by atoms with Gasteiger partial charge in [-0.2, -0.15) is 0 Å². The number of fused-ring (bicyclic) bond motifs is 2. The lowest BCUT2D eigenvalue weighted by molar-refractivity contribution is -0.118. The fourth-order valence-corrected chi connectivity index (χ4v) is 4.59. The second-order valence-corrected chi connectivity index (χ2v) is 10.2. The highest BCUT2D eigenvalue weighted by atomic mass is 16.2. The summed E-state index contributed by atoms with van der Waals surface area (Å²) < 4.78 is 0. The zero-order valence-corrected chi connectivity index (χ0v) is 23.5. The molecule has 0 aliphatic rings. The highest BCUT2D eigenvalue weighted by molar-refractivity contribution is 5.96. The van der Waals surface area contributed by atoms with E-state index >= 15 is 0 Å². The SMILES string of the molecule is CC(=O)N/C(=C\c1ccccc1/C=C(\NC(C)=O)c1nc2cc(C)c(C)cc2[nH]1)c1nc2cc(C)c(C)cc2[nH]1. The van der Waals surface area contributed by atoms with Gasteiger partial charge in [0.2, 0.25) is 11.8 Å². The summed E-state index contributed by atoms with van der Waals surface area (Å²) in [4.78, 5) is 40.6. The highest BCUT2D eigenvalue weighted by Crippen LogP contribution is 2.25. The van der Waals surface area contributed by atoms with Crippen LogP contribution in [0.3, 0.4) is 0 Å². The number of hydrogen-bond donors (Lipinski definition) is 4. The number of H-pyrrole nitrogens is 2. The van der Waals surface area contributed by atoms with Crippen molar-refractivity contribution in [3.05, 3.63) is 93.6 Å². The van der Waals surface area contributed by atoms with Gasteiger partial charge in [-0.3, -0.25) is 9.59 Å². The maximum absolute atomic E-state index is 12.2. The molecule has 5 rings (SSSR count). The molecule has 0 saturated carbocycles. The minimum absolute atomic E-state index is 0.209. The molecule has 0 aliphatic heterocycles. The Morgan fingerprint density at radius 2 is 1.02 bits per heavy atom. The summed E-state index contributed by atoms with van der Waals surface area (Å²) in [5.74, 6) is 0.691. The average Bonchev–Trinajstić information content (AvgIpc) is 3.48. The van der Waals surface area contributed by atoms with Gasteiger partial charge in [0, 0.05) is 13.8 Å². The fourth-order valence-electron chi connectivity index (χ4n) is 4.59. The summed E-state index contributed by atoms with van der Waals surface area (Å²) in [5, 5.41) is 5.85. The van der Waals surface area contributed by atoms with Gasteiger partial charge in [-0.1, -0.05) is 24.3 Å². The van der Waals surface area contributed by atoms with Gasteiger partial charge in [-0.25, -0.2) is 9.97 Å². The second kappa shape index (κ2) is 10.6. The molecule has 0 radical (unpaired) electrons. The van der Waals surface area contributed by atoms with Crippen molar-refractivity contribution in [1.82, 2.24) is 30.6 Å². The fraction of sp³-hybridized carbons (Fsp3) is 0.188. The molecule has 2 aromatic heterocycles. The third-order valence-corrected chi connectivity index (χ3v) is 6.92. The van der Waals surface area contributed by atoms with E-state index in [0.29, 0.717) is 23.0 Å². The number of imidazole rings is 2. The van der Waals surface area contributed by atoms with Crippen molar-refractivity contribution >= 4 is 57.4 Å². The van der Waals surface area contributed by atoms with Crippen LogP contribution in [0.15, 0.2) is 48.5 Å². The van der Waals surface area contributed by atoms with E-state index in [-0.39, 0.29) is 11.8 Å². The first-order chi connectivity index (χ1) is 19.1. The van der Waals surface area contributed by atoms with E-state index < -0.39 is 0 Å². The van der Waals surface area contributed by atoms with E-state index in [0.717, 1.165) is 55.4 Å². The summed E-state index contributed by atoms with van der Waals surface area (Å²) in [6, 6.07) is 15.9. The predicted molar refractivity (Wildman–Crippen MR) is 161 cm³/mol. The van der Waals surface area contributed by atoms with Crippen LogP contribution in [0.5, 0.6) is 0 Å². The Labute approximate surface area is 232 Å². The van der Waals surface area contributed by atoms with Gasteiger partial charge in [0.15, 0.2) is 11.6 Å². The molecule has 4 N–H and O–H groups in total. The molecule has 8 nitrogen and oxygen atoms in total. The normalized spacial score (nSPS) is 12.2. The van der Waals surface area contributed by atoms with Crippen LogP contribution < -0.4 is 10.6 Å². The lowest BCUT2D eigenvalue weighted by Crippen LogP contribution is -2.19. The number of hydrogen-bond acceptors (Lipinski definition) is 4. The van der Waals surface area contributed by atoms with Crippen molar-refractivity contribution in [2.24, 2.45) is 0 Å². The van der Waals surface area contributed by atoms with Crippen LogP contribution in [0.2, 0.25) is 0 Å². The van der Waals surface area contributed by atoms with Crippen molar-refractivity contribution in [3.63, 3.8) is 0 Å². The van der Waals surface area contributed by atoms with Crippen molar-refractivity contribution in [3.8, 4) is 0 Å². The number of aryl methyl sites for hydroxylation is 4. The van der Waals surface area contributed by atoms with Gasteiger partial charge in [-0.15, -0.1) is 0 Å². The van der Waals surface area contributed by atoms with E-state index in [1.54, 1.807) is 0 Å². The Bertz CT molecular complexity index is 1640. The van der Waals surface area contributed by atoms with E-state index in [2.05, 4.69) is 46.6 Å². The third-order valence-electron chi connectivity index (χ3n) is 6.92. The van der Waals surface area contributed by atoms with Crippen LogP contribution in [-0.4, -0.2) is 31.8 Å². The molecule has 0 fully saturated rings. The predicted octanol–water partition coefficient (Wildman–Crippen LogP) is 5.94. The molecule has 0 atom stereocenters. The largest absolute Gasteiger partial charge is 0.337 e. The summed E-state index contributed by atoms with van der Waals surface area (Å²) >= 11 is 0. The number of carbonyl (C=O) groups is 2. The number of nitrogens with one attached hydrogen (secondary N) is 4. The number of amides is 2. The van der Waals surface area contributed by atoms with Crippen molar-refractivity contribution in [1.29, 1.82) is 0 Å². The quantitative estimate of drug-likeness (QED) is 0.217. The van der Waals surface area contributed by atoms with Crippen LogP contribution in [0, 0.1) is 27.7 Å². The highest BCUT2D eigenvalue weighted by Gasteiger charge is 2.14. The van der Waals surface area contributed by atoms with Crippen LogP contribution in [0.25, 0.3) is 45.6 Å². The first-order valence-corrected chi connectivity index (χ1v) is 13.1. The lowest BCUT2D eigenvalue weighted by Gasteiger charge is -2.10. The van der Waals surface area contributed by atoms with Gasteiger partial charge in [0.05, 0.1) is 33.5 Å². The zero-order chi connectivity index (χ0) is 28.6. The van der Waals surface area contributed by atoms with Gasteiger partial charge in [0.25, 0.3) is 0 Å². The van der Waals surface area contributed by atoms with Crippen LogP contribution >= 0.6 is 0 Å². The third kappa shape index (κ3) is 5.56. The van der Waals surface area contributed by atoms with Crippen LogP contribution in [0.1, 0.15) is 58.9 Å². The van der Waals surface area contributed by atoms with Gasteiger partial charge in [0.1, 0.15) is 0 Å². The molecule has 0 bridgehead atoms.